The molecule has 0 radical (unpaired) electrons. The van der Waals surface area contributed by atoms with E-state index in [1.807, 2.05) is 25.3 Å². The fraction of sp³-hybridized carbons (Fsp3) is 0.667. The van der Waals surface area contributed by atoms with E-state index in [-0.39, 0.29) is 6.04 Å². The SMILES string of the molecule is CC(C)NCC(C)S(=O)(=O)N(C)Cc1csc(Br)c1. The molecule has 7 heteroatoms. The first-order valence-electron chi connectivity index (χ1n) is 6.15. The molecule has 110 valence electrons. The number of nitrogens with zero attached hydrogens (tertiary/aromatic N) is 1. The van der Waals surface area contributed by atoms with E-state index in [9.17, 15) is 8.42 Å². The molecule has 1 aromatic rings. The topological polar surface area (TPSA) is 49.4 Å². The summed E-state index contributed by atoms with van der Waals surface area (Å²) < 4.78 is 27.1. The zero-order chi connectivity index (χ0) is 14.6. The van der Waals surface area contributed by atoms with Gasteiger partial charge in [-0.15, -0.1) is 11.3 Å². The normalized spacial score (nSPS) is 14.3. The van der Waals surface area contributed by atoms with Gasteiger partial charge in [-0.1, -0.05) is 13.8 Å². The summed E-state index contributed by atoms with van der Waals surface area (Å²) in [5.41, 5.74) is 1.01. The summed E-state index contributed by atoms with van der Waals surface area (Å²) in [5, 5.41) is 4.70. The second kappa shape index (κ2) is 7.17. The van der Waals surface area contributed by atoms with E-state index in [0.717, 1.165) is 9.35 Å². The van der Waals surface area contributed by atoms with E-state index >= 15 is 0 Å². The second-order valence-corrected chi connectivity index (χ2v) is 9.68. The Bertz CT molecular complexity index is 500. The van der Waals surface area contributed by atoms with E-state index in [1.165, 1.54) is 4.31 Å². The van der Waals surface area contributed by atoms with Crippen molar-refractivity contribution in [2.24, 2.45) is 0 Å². The molecule has 1 aromatic heterocycles. The minimum atomic E-state index is -3.26. The van der Waals surface area contributed by atoms with Gasteiger partial charge in [-0.3, -0.25) is 0 Å². The molecule has 1 unspecified atom stereocenters. The highest BCUT2D eigenvalue weighted by Gasteiger charge is 2.26. The van der Waals surface area contributed by atoms with E-state index in [4.69, 9.17) is 0 Å². The Hall–Kier alpha value is 0.0500. The van der Waals surface area contributed by atoms with Gasteiger partial charge in [0.15, 0.2) is 0 Å². The average molecular weight is 369 g/mol. The van der Waals surface area contributed by atoms with Crippen LogP contribution in [0.2, 0.25) is 0 Å². The van der Waals surface area contributed by atoms with E-state index in [2.05, 4.69) is 21.2 Å². The minimum absolute atomic E-state index is 0.288. The minimum Gasteiger partial charge on any atom is -0.313 e. The van der Waals surface area contributed by atoms with Crippen LogP contribution in [0, 0.1) is 0 Å². The summed E-state index contributed by atoms with van der Waals surface area (Å²) >= 11 is 4.95. The second-order valence-electron chi connectivity index (χ2n) is 4.93. The molecule has 1 heterocycles. The number of hydrogen-bond donors (Lipinski definition) is 1. The van der Waals surface area contributed by atoms with Crippen LogP contribution in [0.5, 0.6) is 0 Å². The Morgan fingerprint density at radius 1 is 1.42 bits per heavy atom. The third-order valence-corrected chi connectivity index (χ3v) is 6.52. The van der Waals surface area contributed by atoms with Crippen LogP contribution < -0.4 is 5.32 Å². The molecule has 0 aliphatic heterocycles. The van der Waals surface area contributed by atoms with E-state index in [0.29, 0.717) is 13.1 Å². The maximum absolute atomic E-state index is 12.3. The lowest BCUT2D eigenvalue weighted by Crippen LogP contribution is -2.41. The van der Waals surface area contributed by atoms with Gasteiger partial charge in [0.05, 0.1) is 9.04 Å². The number of halogens is 1. The molecular weight excluding hydrogens is 348 g/mol. The molecule has 1 rings (SSSR count). The first kappa shape index (κ1) is 17.1. The molecule has 0 aliphatic rings. The Labute approximate surface area is 128 Å². The molecule has 0 saturated carbocycles. The molecule has 0 saturated heterocycles. The summed E-state index contributed by atoms with van der Waals surface area (Å²) in [6, 6.07) is 2.24. The van der Waals surface area contributed by atoms with Gasteiger partial charge in [0, 0.05) is 26.2 Å². The Morgan fingerprint density at radius 3 is 2.53 bits per heavy atom. The maximum Gasteiger partial charge on any atom is 0.218 e. The lowest BCUT2D eigenvalue weighted by atomic mass is 10.3. The van der Waals surface area contributed by atoms with Crippen LogP contribution in [-0.2, 0) is 16.6 Å². The van der Waals surface area contributed by atoms with Crippen LogP contribution in [0.1, 0.15) is 26.3 Å². The van der Waals surface area contributed by atoms with Crippen LogP contribution in [0.3, 0.4) is 0 Å². The summed E-state index contributed by atoms with van der Waals surface area (Å²) in [6.07, 6.45) is 0. The summed E-state index contributed by atoms with van der Waals surface area (Å²) in [6.45, 7) is 6.64. The van der Waals surface area contributed by atoms with Crippen molar-refractivity contribution in [3.05, 3.63) is 20.8 Å². The third kappa shape index (κ3) is 5.15. The molecule has 0 bridgehead atoms. The van der Waals surface area contributed by atoms with Crippen LogP contribution >= 0.6 is 27.3 Å². The van der Waals surface area contributed by atoms with Crippen molar-refractivity contribution in [2.75, 3.05) is 13.6 Å². The van der Waals surface area contributed by atoms with Crippen LogP contribution in [0.25, 0.3) is 0 Å². The first-order chi connectivity index (χ1) is 8.73. The van der Waals surface area contributed by atoms with E-state index < -0.39 is 15.3 Å². The molecule has 0 fully saturated rings. The van der Waals surface area contributed by atoms with Crippen molar-refractivity contribution in [1.29, 1.82) is 0 Å². The highest BCUT2D eigenvalue weighted by atomic mass is 79.9. The van der Waals surface area contributed by atoms with Gasteiger partial charge in [-0.2, -0.15) is 0 Å². The lowest BCUT2D eigenvalue weighted by Gasteiger charge is -2.22. The van der Waals surface area contributed by atoms with Gasteiger partial charge in [0.2, 0.25) is 10.0 Å². The van der Waals surface area contributed by atoms with Crippen LogP contribution in [-0.4, -0.2) is 37.6 Å². The fourth-order valence-electron chi connectivity index (χ4n) is 1.59. The molecule has 1 atom stereocenters. The van der Waals surface area contributed by atoms with Crippen molar-refractivity contribution in [2.45, 2.75) is 38.6 Å². The van der Waals surface area contributed by atoms with Gasteiger partial charge < -0.3 is 5.32 Å². The van der Waals surface area contributed by atoms with Gasteiger partial charge in [0.1, 0.15) is 0 Å². The van der Waals surface area contributed by atoms with Crippen molar-refractivity contribution >= 4 is 37.3 Å². The van der Waals surface area contributed by atoms with Crippen LogP contribution in [0.4, 0.5) is 0 Å². The van der Waals surface area contributed by atoms with Gasteiger partial charge in [0.25, 0.3) is 0 Å². The van der Waals surface area contributed by atoms with Crippen molar-refractivity contribution in [1.82, 2.24) is 9.62 Å². The summed E-state index contributed by atoms with van der Waals surface area (Å²) in [5.74, 6) is 0. The monoisotopic (exact) mass is 368 g/mol. The maximum atomic E-state index is 12.3. The molecule has 19 heavy (non-hydrogen) atoms. The summed E-state index contributed by atoms with van der Waals surface area (Å²) in [4.78, 5) is 0. The third-order valence-electron chi connectivity index (χ3n) is 2.78. The standard InChI is InChI=1S/C12H21BrN2O2S2/c1-9(2)14-6-10(3)19(16,17)15(4)7-11-5-12(13)18-8-11/h5,8-10,14H,6-7H2,1-4H3. The van der Waals surface area contributed by atoms with Crippen molar-refractivity contribution in [3.63, 3.8) is 0 Å². The van der Waals surface area contributed by atoms with Crippen molar-refractivity contribution < 1.29 is 8.42 Å². The lowest BCUT2D eigenvalue weighted by molar-refractivity contribution is 0.451. The number of nitrogens with one attached hydrogen (secondary N) is 1. The average Bonchev–Trinajstić information content (AvgIpc) is 2.71. The summed E-state index contributed by atoms with van der Waals surface area (Å²) in [7, 11) is -1.63. The number of thiophene rings is 1. The molecule has 0 aliphatic carbocycles. The van der Waals surface area contributed by atoms with Gasteiger partial charge >= 0.3 is 0 Å². The predicted molar refractivity (Wildman–Crippen MR) is 85.0 cm³/mol. The Balaban J connectivity index is 2.65. The van der Waals surface area contributed by atoms with E-state index in [1.54, 1.807) is 25.3 Å². The van der Waals surface area contributed by atoms with Crippen LogP contribution in [0.15, 0.2) is 15.2 Å². The molecule has 1 N–H and O–H groups in total. The van der Waals surface area contributed by atoms with Gasteiger partial charge in [-0.25, -0.2) is 12.7 Å². The van der Waals surface area contributed by atoms with Gasteiger partial charge in [-0.05, 0) is 39.9 Å². The Morgan fingerprint density at radius 2 is 2.05 bits per heavy atom. The Kier molecular flexibility index (Phi) is 6.46. The fourth-order valence-corrected chi connectivity index (χ4v) is 4.04. The highest BCUT2D eigenvalue weighted by molar-refractivity contribution is 9.11. The smallest absolute Gasteiger partial charge is 0.218 e. The highest BCUT2D eigenvalue weighted by Crippen LogP contribution is 2.22. The molecule has 0 aromatic carbocycles. The molecule has 0 spiro atoms. The number of sulfonamides is 1. The first-order valence-corrected chi connectivity index (χ1v) is 9.32. The molecule has 0 amide bonds. The zero-order valence-corrected chi connectivity index (χ0v) is 14.9. The quantitative estimate of drug-likeness (QED) is 0.804. The number of rotatable bonds is 7. The zero-order valence-electron chi connectivity index (χ0n) is 11.7. The molecule has 4 nitrogen and oxygen atoms in total. The molecular formula is C12H21BrN2O2S2. The predicted octanol–water partition coefficient (Wildman–Crippen LogP) is 2.66. The number of hydrogen-bond acceptors (Lipinski definition) is 4. The largest absolute Gasteiger partial charge is 0.313 e. The van der Waals surface area contributed by atoms with Crippen molar-refractivity contribution in [3.8, 4) is 0 Å².